The summed E-state index contributed by atoms with van der Waals surface area (Å²) in [7, 11) is 0. The Balaban J connectivity index is 1.78. The predicted octanol–water partition coefficient (Wildman–Crippen LogP) is 4.37. The summed E-state index contributed by atoms with van der Waals surface area (Å²) in [5.41, 5.74) is 11.0. The molecule has 114 valence electrons. The van der Waals surface area contributed by atoms with E-state index < -0.39 is 0 Å². The molecule has 3 nitrogen and oxygen atoms in total. The zero-order chi connectivity index (χ0) is 15.8. The Kier molecular flexibility index (Phi) is 3.27. The lowest BCUT2D eigenvalue weighted by molar-refractivity contribution is 1.04. The minimum absolute atomic E-state index is 0.551. The molecule has 0 atom stereocenters. The highest BCUT2D eigenvalue weighted by Crippen LogP contribution is 2.37. The van der Waals surface area contributed by atoms with Crippen molar-refractivity contribution in [3.05, 3.63) is 71.8 Å². The maximum Gasteiger partial charge on any atom is 0.201 e. The van der Waals surface area contributed by atoms with E-state index in [0.29, 0.717) is 5.96 Å². The minimum Gasteiger partial charge on any atom is -0.369 e. The van der Waals surface area contributed by atoms with E-state index in [1.807, 2.05) is 18.2 Å². The van der Waals surface area contributed by atoms with Crippen LogP contribution in [0, 0.1) is 0 Å². The van der Waals surface area contributed by atoms with Crippen molar-refractivity contribution >= 4 is 28.1 Å². The van der Waals surface area contributed by atoms with Gasteiger partial charge in [-0.15, -0.1) is 0 Å². The molecule has 0 saturated heterocycles. The SMILES string of the molecule is CCc1ccccc1N=C(N)N1Cc2cccc3cccc1c23. The van der Waals surface area contributed by atoms with Gasteiger partial charge in [0, 0.05) is 5.39 Å². The molecule has 4 rings (SSSR count). The van der Waals surface area contributed by atoms with Gasteiger partial charge in [0.25, 0.3) is 0 Å². The van der Waals surface area contributed by atoms with Gasteiger partial charge in [-0.2, -0.15) is 0 Å². The van der Waals surface area contributed by atoms with Gasteiger partial charge in [0.2, 0.25) is 5.96 Å². The van der Waals surface area contributed by atoms with Crippen LogP contribution < -0.4 is 10.6 Å². The average Bonchev–Trinajstić information content (AvgIpc) is 2.97. The van der Waals surface area contributed by atoms with Crippen molar-refractivity contribution in [3.63, 3.8) is 0 Å². The summed E-state index contributed by atoms with van der Waals surface area (Å²) in [6.07, 6.45) is 0.947. The number of hydrogen-bond donors (Lipinski definition) is 1. The van der Waals surface area contributed by atoms with Crippen LogP contribution in [0.4, 0.5) is 11.4 Å². The van der Waals surface area contributed by atoms with Crippen LogP contribution in [0.3, 0.4) is 0 Å². The van der Waals surface area contributed by atoms with Crippen LogP contribution in [0.15, 0.2) is 65.7 Å². The van der Waals surface area contributed by atoms with Crippen molar-refractivity contribution in [2.75, 3.05) is 4.90 Å². The summed E-state index contributed by atoms with van der Waals surface area (Å²) < 4.78 is 0. The van der Waals surface area contributed by atoms with Gasteiger partial charge in [-0.1, -0.05) is 55.5 Å². The Labute approximate surface area is 136 Å². The Morgan fingerprint density at radius 1 is 1.04 bits per heavy atom. The van der Waals surface area contributed by atoms with E-state index in [1.165, 1.54) is 21.9 Å². The number of aryl methyl sites for hydroxylation is 1. The zero-order valence-corrected chi connectivity index (χ0v) is 13.2. The molecule has 0 unspecified atom stereocenters. The molecular formula is C20H19N3. The largest absolute Gasteiger partial charge is 0.369 e. The molecule has 0 aliphatic carbocycles. The van der Waals surface area contributed by atoms with Crippen molar-refractivity contribution in [2.45, 2.75) is 19.9 Å². The monoisotopic (exact) mass is 301 g/mol. The molecular weight excluding hydrogens is 282 g/mol. The molecule has 0 bridgehead atoms. The maximum absolute atomic E-state index is 6.37. The van der Waals surface area contributed by atoms with Crippen LogP contribution in [0.1, 0.15) is 18.1 Å². The van der Waals surface area contributed by atoms with Crippen molar-refractivity contribution in [1.29, 1.82) is 0 Å². The van der Waals surface area contributed by atoms with Crippen LogP contribution in [0.2, 0.25) is 0 Å². The second kappa shape index (κ2) is 5.43. The summed E-state index contributed by atoms with van der Waals surface area (Å²) in [5, 5.41) is 2.54. The third kappa shape index (κ3) is 2.25. The minimum atomic E-state index is 0.551. The molecule has 0 amide bonds. The van der Waals surface area contributed by atoms with Gasteiger partial charge in [0.15, 0.2) is 0 Å². The number of hydrogen-bond acceptors (Lipinski definition) is 1. The van der Waals surface area contributed by atoms with Gasteiger partial charge in [0.1, 0.15) is 0 Å². The Morgan fingerprint density at radius 3 is 2.65 bits per heavy atom. The fraction of sp³-hybridized carbons (Fsp3) is 0.150. The smallest absolute Gasteiger partial charge is 0.201 e. The van der Waals surface area contributed by atoms with E-state index in [4.69, 9.17) is 10.7 Å². The molecule has 3 aromatic carbocycles. The zero-order valence-electron chi connectivity index (χ0n) is 13.2. The van der Waals surface area contributed by atoms with Gasteiger partial charge in [-0.25, -0.2) is 4.99 Å². The van der Waals surface area contributed by atoms with Crippen molar-refractivity contribution < 1.29 is 0 Å². The van der Waals surface area contributed by atoms with E-state index in [9.17, 15) is 0 Å². The molecule has 23 heavy (non-hydrogen) atoms. The van der Waals surface area contributed by atoms with E-state index in [-0.39, 0.29) is 0 Å². The number of aliphatic imine (C=N–C) groups is 1. The molecule has 0 saturated carbocycles. The number of rotatable bonds is 2. The normalized spacial score (nSPS) is 13.8. The van der Waals surface area contributed by atoms with Gasteiger partial charge < -0.3 is 10.6 Å². The van der Waals surface area contributed by atoms with Gasteiger partial charge in [-0.3, -0.25) is 0 Å². The Bertz CT molecular complexity index is 906. The summed E-state index contributed by atoms with van der Waals surface area (Å²) in [6.45, 7) is 2.91. The average molecular weight is 301 g/mol. The summed E-state index contributed by atoms with van der Waals surface area (Å²) in [5.74, 6) is 0.551. The number of guanidine groups is 1. The van der Waals surface area contributed by atoms with Gasteiger partial charge in [0.05, 0.1) is 17.9 Å². The standard InChI is InChI=1S/C20H19N3/c1-2-14-7-3-4-11-17(14)22-20(21)23-13-16-10-5-8-15-9-6-12-18(23)19(15)16/h3-12H,2,13H2,1H3,(H2,21,22). The first-order chi connectivity index (χ1) is 11.3. The number of benzene rings is 3. The van der Waals surface area contributed by atoms with Crippen molar-refractivity contribution in [1.82, 2.24) is 0 Å². The quantitative estimate of drug-likeness (QED) is 0.564. The first kappa shape index (κ1) is 13.8. The highest BCUT2D eigenvalue weighted by Gasteiger charge is 2.23. The molecule has 2 N–H and O–H groups in total. The molecule has 0 radical (unpaired) electrons. The molecule has 0 fully saturated rings. The molecule has 0 aromatic heterocycles. The molecule has 1 heterocycles. The first-order valence-corrected chi connectivity index (χ1v) is 7.98. The lowest BCUT2D eigenvalue weighted by atomic mass is 10.1. The molecule has 1 aliphatic rings. The second-order valence-electron chi connectivity index (χ2n) is 5.83. The number of nitrogens with zero attached hydrogens (tertiary/aromatic N) is 2. The third-order valence-corrected chi connectivity index (χ3v) is 4.47. The van der Waals surface area contributed by atoms with Gasteiger partial charge in [-0.05, 0) is 35.1 Å². The van der Waals surface area contributed by atoms with Crippen molar-refractivity contribution in [3.8, 4) is 0 Å². The number of para-hydroxylation sites is 1. The van der Waals surface area contributed by atoms with Crippen LogP contribution in [0.25, 0.3) is 10.8 Å². The van der Waals surface area contributed by atoms with E-state index in [2.05, 4.69) is 54.3 Å². The highest BCUT2D eigenvalue weighted by molar-refractivity contribution is 6.09. The third-order valence-electron chi connectivity index (χ3n) is 4.47. The van der Waals surface area contributed by atoms with E-state index in [1.54, 1.807) is 0 Å². The Hall–Kier alpha value is -2.81. The Morgan fingerprint density at radius 2 is 1.83 bits per heavy atom. The molecule has 3 heteroatoms. The fourth-order valence-electron chi connectivity index (χ4n) is 3.32. The van der Waals surface area contributed by atoms with Crippen molar-refractivity contribution in [2.24, 2.45) is 10.7 Å². The fourth-order valence-corrected chi connectivity index (χ4v) is 3.32. The molecule has 0 spiro atoms. The van der Waals surface area contributed by atoms with Gasteiger partial charge >= 0.3 is 0 Å². The van der Waals surface area contributed by atoms with E-state index >= 15 is 0 Å². The first-order valence-electron chi connectivity index (χ1n) is 7.98. The van der Waals surface area contributed by atoms with Crippen LogP contribution >= 0.6 is 0 Å². The lowest BCUT2D eigenvalue weighted by Gasteiger charge is -2.18. The summed E-state index contributed by atoms with van der Waals surface area (Å²) in [4.78, 5) is 6.80. The van der Waals surface area contributed by atoms with Crippen LogP contribution in [0.5, 0.6) is 0 Å². The molecule has 1 aliphatic heterocycles. The summed E-state index contributed by atoms with van der Waals surface area (Å²) in [6, 6.07) is 20.9. The maximum atomic E-state index is 6.37. The highest BCUT2D eigenvalue weighted by atomic mass is 15.3. The van der Waals surface area contributed by atoms with Crippen LogP contribution in [-0.4, -0.2) is 5.96 Å². The number of nitrogens with two attached hydrogens (primary N) is 1. The second-order valence-corrected chi connectivity index (χ2v) is 5.83. The molecule has 3 aromatic rings. The number of anilines is 1. The topological polar surface area (TPSA) is 41.6 Å². The van der Waals surface area contributed by atoms with Crippen LogP contribution in [-0.2, 0) is 13.0 Å². The van der Waals surface area contributed by atoms with E-state index in [0.717, 1.165) is 24.3 Å². The predicted molar refractivity (Wildman–Crippen MR) is 97.2 cm³/mol. The lowest BCUT2D eigenvalue weighted by Crippen LogP contribution is -2.34. The summed E-state index contributed by atoms with van der Waals surface area (Å²) >= 11 is 0.